The van der Waals surface area contributed by atoms with Crippen molar-refractivity contribution in [1.29, 1.82) is 0 Å². The van der Waals surface area contributed by atoms with E-state index in [1.807, 2.05) is 60.8 Å². The predicted molar refractivity (Wildman–Crippen MR) is 102 cm³/mol. The number of para-hydroxylation sites is 3. The van der Waals surface area contributed by atoms with Crippen LogP contribution in [-0.4, -0.2) is 11.1 Å². The normalized spacial score (nSPS) is 11.5. The minimum Gasteiger partial charge on any atom is -0.481 e. The number of hydrogen-bond donors (Lipinski definition) is 1. The van der Waals surface area contributed by atoms with Gasteiger partial charge in [-0.2, -0.15) is 0 Å². The Morgan fingerprint density at radius 3 is 1.40 bits per heavy atom. The maximum absolute atomic E-state index is 11.0. The van der Waals surface area contributed by atoms with E-state index in [-0.39, 0.29) is 6.42 Å². The van der Waals surface area contributed by atoms with Gasteiger partial charge in [-0.1, -0.05) is 54.6 Å². The molecule has 3 aromatic carbocycles. The lowest BCUT2D eigenvalue weighted by Gasteiger charge is -2.33. The van der Waals surface area contributed by atoms with Crippen molar-refractivity contribution < 1.29 is 9.90 Å². The van der Waals surface area contributed by atoms with E-state index in [9.17, 15) is 4.79 Å². The van der Waals surface area contributed by atoms with Crippen molar-refractivity contribution in [2.24, 2.45) is 0 Å². The van der Waals surface area contributed by atoms with Gasteiger partial charge in [-0.3, -0.25) is 4.79 Å². The Kier molecular flexibility index (Phi) is 5.07. The fourth-order valence-corrected chi connectivity index (χ4v) is 3.01. The van der Waals surface area contributed by atoms with Crippen LogP contribution in [0.4, 0.5) is 17.1 Å². The first kappa shape index (κ1) is 16.7. The van der Waals surface area contributed by atoms with Gasteiger partial charge in [-0.15, -0.1) is 0 Å². The second-order valence-electron chi connectivity index (χ2n) is 5.71. The molecule has 3 aromatic rings. The Morgan fingerprint density at radius 1 is 0.720 bits per heavy atom. The van der Waals surface area contributed by atoms with Crippen LogP contribution in [0.2, 0.25) is 0 Å². The van der Waals surface area contributed by atoms with Gasteiger partial charge in [0.15, 0.2) is 0 Å². The Hall–Kier alpha value is -3.17. The summed E-state index contributed by atoms with van der Waals surface area (Å²) >= 11 is 0. The van der Waals surface area contributed by atoms with Gasteiger partial charge in [-0.05, 0) is 6.08 Å². The highest BCUT2D eigenvalue weighted by Gasteiger charge is 2.33. The molecule has 25 heavy (non-hydrogen) atoms. The van der Waals surface area contributed by atoms with Crippen LogP contribution in [0.25, 0.3) is 0 Å². The zero-order valence-corrected chi connectivity index (χ0v) is 13.8. The number of benzene rings is 3. The molecule has 0 aliphatic carbocycles. The minimum absolute atomic E-state index is 0.0213. The van der Waals surface area contributed by atoms with Crippen LogP contribution in [0.3, 0.4) is 0 Å². The summed E-state index contributed by atoms with van der Waals surface area (Å²) in [5.74, 6) is -0.844. The lowest BCUT2D eigenvalue weighted by molar-refractivity contribution is -0.136. The summed E-state index contributed by atoms with van der Waals surface area (Å²) in [6.45, 7) is 0. The Labute approximate surface area is 147 Å². The summed E-state index contributed by atoms with van der Waals surface area (Å²) < 4.78 is 0.329. The highest BCUT2D eigenvalue weighted by Crippen LogP contribution is 2.44. The molecule has 0 unspecified atom stereocenters. The van der Waals surface area contributed by atoms with E-state index in [2.05, 4.69) is 36.4 Å². The largest absolute Gasteiger partial charge is 0.481 e. The minimum atomic E-state index is -0.844. The Balaban J connectivity index is 2.27. The van der Waals surface area contributed by atoms with Crippen LogP contribution in [0.15, 0.2) is 103 Å². The van der Waals surface area contributed by atoms with Gasteiger partial charge in [0.1, 0.15) is 23.3 Å². The number of aliphatic carboxylic acids is 1. The van der Waals surface area contributed by atoms with Crippen LogP contribution in [0, 0.1) is 0 Å². The molecule has 0 aliphatic heterocycles. The van der Waals surface area contributed by atoms with Gasteiger partial charge < -0.3 is 5.11 Å². The monoisotopic (exact) mass is 330 g/mol. The molecule has 0 amide bonds. The topological polar surface area (TPSA) is 37.3 Å². The number of carbonyl (C=O) groups is 1. The summed E-state index contributed by atoms with van der Waals surface area (Å²) in [6, 6.07) is 30.3. The lowest BCUT2D eigenvalue weighted by Crippen LogP contribution is -2.32. The molecule has 3 nitrogen and oxygen atoms in total. The summed E-state index contributed by atoms with van der Waals surface area (Å²) in [4.78, 5) is 11.0. The molecule has 0 spiro atoms. The second-order valence-corrected chi connectivity index (χ2v) is 5.71. The second kappa shape index (κ2) is 7.60. The summed E-state index contributed by atoms with van der Waals surface area (Å²) in [5.41, 5.74) is 3.13. The molecule has 0 saturated carbocycles. The van der Waals surface area contributed by atoms with Crippen molar-refractivity contribution in [3.8, 4) is 0 Å². The molecule has 0 radical (unpaired) electrons. The van der Waals surface area contributed by atoms with Gasteiger partial charge in [0.25, 0.3) is 0 Å². The third-order valence-electron chi connectivity index (χ3n) is 4.11. The van der Waals surface area contributed by atoms with Crippen LogP contribution in [-0.2, 0) is 4.79 Å². The maximum Gasteiger partial charge on any atom is 0.307 e. The zero-order chi connectivity index (χ0) is 17.5. The van der Waals surface area contributed by atoms with E-state index in [1.54, 1.807) is 6.08 Å². The summed E-state index contributed by atoms with van der Waals surface area (Å²) in [6.07, 6.45) is 3.65. The molecule has 0 aromatic heterocycles. The molecule has 0 aliphatic rings. The fraction of sp³-hybridized carbons (Fsp3) is 0.0455. The maximum atomic E-state index is 11.0. The quantitative estimate of drug-likeness (QED) is 0.593. The van der Waals surface area contributed by atoms with E-state index >= 15 is 0 Å². The molecule has 124 valence electrons. The third-order valence-corrected chi connectivity index (χ3v) is 4.11. The molecule has 1 N–H and O–H groups in total. The van der Waals surface area contributed by atoms with Crippen LogP contribution in [0.5, 0.6) is 0 Å². The molecular formula is C22H20NO2+. The smallest absolute Gasteiger partial charge is 0.307 e. The Morgan fingerprint density at radius 2 is 1.08 bits per heavy atom. The van der Waals surface area contributed by atoms with E-state index in [0.29, 0.717) is 4.48 Å². The number of carboxylic acid groups (broad SMARTS) is 1. The van der Waals surface area contributed by atoms with Crippen molar-refractivity contribution in [2.45, 2.75) is 6.42 Å². The zero-order valence-electron chi connectivity index (χ0n) is 13.8. The van der Waals surface area contributed by atoms with Crippen LogP contribution < -0.4 is 4.48 Å². The number of carboxylic acids is 1. The van der Waals surface area contributed by atoms with Gasteiger partial charge in [0.2, 0.25) is 0 Å². The molecule has 3 heteroatoms. The number of hydrogen-bond acceptors (Lipinski definition) is 1. The molecule has 0 fully saturated rings. The summed E-state index contributed by atoms with van der Waals surface area (Å²) in [7, 11) is 0. The summed E-state index contributed by atoms with van der Waals surface area (Å²) in [5, 5.41) is 9.06. The average Bonchev–Trinajstić information content (AvgIpc) is 2.67. The van der Waals surface area contributed by atoms with E-state index in [0.717, 1.165) is 17.1 Å². The standard InChI is InChI=1S/C22H19NO2/c24-22(25)17-10-18-23(19-11-4-1-5-12-19,20-13-6-2-7-14-20)21-15-8-3-9-16-21/h1-16,18H,17H2/p+1. The number of quaternary nitrogens is 1. The molecule has 3 rings (SSSR count). The van der Waals surface area contributed by atoms with Gasteiger partial charge in [-0.25, -0.2) is 4.48 Å². The first-order valence-electron chi connectivity index (χ1n) is 8.18. The molecular weight excluding hydrogens is 310 g/mol. The SMILES string of the molecule is O=C(O)CC=C[N+](c1ccccc1)(c1ccccc1)c1ccccc1. The van der Waals surface area contributed by atoms with E-state index in [4.69, 9.17) is 5.11 Å². The van der Waals surface area contributed by atoms with Crippen molar-refractivity contribution in [3.05, 3.63) is 103 Å². The van der Waals surface area contributed by atoms with Crippen molar-refractivity contribution in [3.63, 3.8) is 0 Å². The van der Waals surface area contributed by atoms with Crippen molar-refractivity contribution in [1.82, 2.24) is 4.48 Å². The highest BCUT2D eigenvalue weighted by atomic mass is 16.4. The first-order chi connectivity index (χ1) is 12.2. The molecule has 0 saturated heterocycles. The first-order valence-corrected chi connectivity index (χ1v) is 8.18. The van der Waals surface area contributed by atoms with Gasteiger partial charge in [0.05, 0.1) is 6.42 Å². The van der Waals surface area contributed by atoms with Crippen molar-refractivity contribution in [2.75, 3.05) is 0 Å². The van der Waals surface area contributed by atoms with Crippen molar-refractivity contribution >= 4 is 23.0 Å². The number of nitrogens with zero attached hydrogens (tertiary/aromatic N) is 1. The molecule has 0 heterocycles. The predicted octanol–water partition coefficient (Wildman–Crippen LogP) is 5.65. The molecule has 0 atom stereocenters. The third kappa shape index (κ3) is 3.52. The van der Waals surface area contributed by atoms with Crippen LogP contribution >= 0.6 is 0 Å². The van der Waals surface area contributed by atoms with Crippen LogP contribution in [0.1, 0.15) is 6.42 Å². The Bertz CT molecular complexity index is 746. The van der Waals surface area contributed by atoms with Gasteiger partial charge >= 0.3 is 5.97 Å². The number of rotatable bonds is 6. The molecule has 0 bridgehead atoms. The average molecular weight is 330 g/mol. The highest BCUT2D eigenvalue weighted by molar-refractivity contribution is 5.74. The lowest BCUT2D eigenvalue weighted by atomic mass is 10.1. The van der Waals surface area contributed by atoms with E-state index in [1.165, 1.54) is 0 Å². The fourth-order valence-electron chi connectivity index (χ4n) is 3.01. The van der Waals surface area contributed by atoms with E-state index < -0.39 is 5.97 Å². The van der Waals surface area contributed by atoms with Gasteiger partial charge in [0, 0.05) is 36.4 Å².